The molecule has 80 valence electrons. The van der Waals surface area contributed by atoms with Gasteiger partial charge < -0.3 is 10.2 Å². The van der Waals surface area contributed by atoms with E-state index in [0.29, 0.717) is 23.4 Å². The minimum absolute atomic E-state index is 0.301. The predicted molar refractivity (Wildman–Crippen MR) is 56.0 cm³/mol. The van der Waals surface area contributed by atoms with E-state index in [4.69, 9.17) is 0 Å². The third kappa shape index (κ3) is 1.44. The van der Waals surface area contributed by atoms with Crippen LogP contribution in [0.3, 0.4) is 0 Å². The second kappa shape index (κ2) is 3.23. The van der Waals surface area contributed by atoms with Crippen LogP contribution < -0.4 is 5.32 Å². The molecule has 2 aliphatic rings. The molecule has 14 heavy (non-hydrogen) atoms. The Kier molecular flexibility index (Phi) is 2.30. The van der Waals surface area contributed by atoms with Gasteiger partial charge in [0.1, 0.15) is 0 Å². The molecule has 2 rings (SSSR count). The first-order valence-corrected chi connectivity index (χ1v) is 5.52. The van der Waals surface area contributed by atoms with Gasteiger partial charge in [-0.3, -0.25) is 4.79 Å². The first kappa shape index (κ1) is 9.97. The lowest BCUT2D eigenvalue weighted by molar-refractivity contribution is -0.142. The van der Waals surface area contributed by atoms with Gasteiger partial charge in [0.15, 0.2) is 0 Å². The minimum Gasteiger partial charge on any atom is -0.342 e. The Balaban J connectivity index is 2.20. The summed E-state index contributed by atoms with van der Waals surface area (Å²) >= 11 is 0. The number of fused-ring (bicyclic) bond motifs is 1. The van der Waals surface area contributed by atoms with Crippen LogP contribution in [-0.2, 0) is 4.79 Å². The second-order valence-electron chi connectivity index (χ2n) is 5.19. The molecule has 3 atom stereocenters. The summed E-state index contributed by atoms with van der Waals surface area (Å²) in [4.78, 5) is 13.6. The lowest BCUT2D eigenvalue weighted by Gasteiger charge is -2.51. The smallest absolute Gasteiger partial charge is 0.222 e. The maximum Gasteiger partial charge on any atom is 0.222 e. The van der Waals surface area contributed by atoms with E-state index in [1.807, 2.05) is 11.9 Å². The molecule has 0 aromatic carbocycles. The molecule has 0 saturated carbocycles. The van der Waals surface area contributed by atoms with Crippen LogP contribution in [0.1, 0.15) is 33.1 Å². The molecule has 2 fully saturated rings. The minimum atomic E-state index is 0.301. The molecule has 0 aromatic heterocycles. The summed E-state index contributed by atoms with van der Waals surface area (Å²) in [5.74, 6) is 0.321. The molecule has 1 N–H and O–H groups in total. The van der Waals surface area contributed by atoms with Crippen molar-refractivity contribution >= 4 is 5.91 Å². The molecule has 3 nitrogen and oxygen atoms in total. The van der Waals surface area contributed by atoms with E-state index in [0.717, 1.165) is 25.8 Å². The summed E-state index contributed by atoms with van der Waals surface area (Å²) in [5.41, 5.74) is 0.301. The molecule has 3 heteroatoms. The Morgan fingerprint density at radius 1 is 1.57 bits per heavy atom. The highest BCUT2D eigenvalue weighted by molar-refractivity contribution is 5.77. The van der Waals surface area contributed by atoms with Gasteiger partial charge >= 0.3 is 0 Å². The van der Waals surface area contributed by atoms with Crippen LogP contribution in [0.2, 0.25) is 0 Å². The fourth-order valence-electron chi connectivity index (χ4n) is 2.85. The third-order valence-corrected chi connectivity index (χ3v) is 4.01. The zero-order valence-corrected chi connectivity index (χ0v) is 9.34. The van der Waals surface area contributed by atoms with Gasteiger partial charge in [0.2, 0.25) is 5.91 Å². The fourth-order valence-corrected chi connectivity index (χ4v) is 2.85. The number of carbonyl (C=O) groups excluding carboxylic acids is 1. The highest BCUT2D eigenvalue weighted by atomic mass is 16.2. The van der Waals surface area contributed by atoms with E-state index in [1.165, 1.54) is 0 Å². The van der Waals surface area contributed by atoms with Gasteiger partial charge in [-0.1, -0.05) is 6.92 Å². The van der Waals surface area contributed by atoms with E-state index in [-0.39, 0.29) is 0 Å². The van der Waals surface area contributed by atoms with Crippen molar-refractivity contribution in [2.45, 2.75) is 45.2 Å². The largest absolute Gasteiger partial charge is 0.342 e. The Morgan fingerprint density at radius 2 is 2.29 bits per heavy atom. The van der Waals surface area contributed by atoms with Gasteiger partial charge in [-0.15, -0.1) is 0 Å². The maximum absolute atomic E-state index is 11.6. The highest BCUT2D eigenvalue weighted by Gasteiger charge is 2.45. The third-order valence-electron chi connectivity index (χ3n) is 4.01. The summed E-state index contributed by atoms with van der Waals surface area (Å²) in [6, 6.07) is 0.987. The van der Waals surface area contributed by atoms with E-state index in [2.05, 4.69) is 19.2 Å². The highest BCUT2D eigenvalue weighted by Crippen LogP contribution is 2.39. The summed E-state index contributed by atoms with van der Waals surface area (Å²) < 4.78 is 0. The number of rotatable bonds is 0. The van der Waals surface area contributed by atoms with E-state index < -0.39 is 0 Å². The van der Waals surface area contributed by atoms with E-state index >= 15 is 0 Å². The Bertz CT molecular complexity index is 254. The van der Waals surface area contributed by atoms with Gasteiger partial charge in [-0.2, -0.15) is 0 Å². The molecule has 0 aromatic rings. The number of nitrogens with zero attached hydrogens (tertiary/aromatic N) is 1. The first-order valence-electron chi connectivity index (χ1n) is 5.52. The van der Waals surface area contributed by atoms with E-state index in [1.54, 1.807) is 0 Å². The number of amides is 1. The monoisotopic (exact) mass is 196 g/mol. The zero-order valence-electron chi connectivity index (χ0n) is 9.34. The number of likely N-dealkylation sites (tertiary alicyclic amines) is 1. The van der Waals surface area contributed by atoms with Crippen LogP contribution in [0.15, 0.2) is 0 Å². The van der Waals surface area contributed by atoms with Gasteiger partial charge in [0.25, 0.3) is 0 Å². The van der Waals surface area contributed by atoms with Gasteiger partial charge in [-0.25, -0.2) is 0 Å². The topological polar surface area (TPSA) is 32.3 Å². The maximum atomic E-state index is 11.6. The normalized spacial score (nSPS) is 43.6. The average molecular weight is 196 g/mol. The van der Waals surface area contributed by atoms with Crippen molar-refractivity contribution in [1.82, 2.24) is 10.2 Å². The van der Waals surface area contributed by atoms with Gasteiger partial charge in [0.05, 0.1) is 0 Å². The number of hydrogen-bond acceptors (Lipinski definition) is 2. The molecule has 1 amide bonds. The molecular weight excluding hydrogens is 176 g/mol. The van der Waals surface area contributed by atoms with Crippen molar-refractivity contribution in [1.29, 1.82) is 0 Å². The van der Waals surface area contributed by atoms with Crippen molar-refractivity contribution in [2.24, 2.45) is 5.41 Å². The van der Waals surface area contributed by atoms with Crippen LogP contribution in [-0.4, -0.2) is 36.5 Å². The summed E-state index contributed by atoms with van der Waals surface area (Å²) in [6.45, 7) is 5.56. The quantitative estimate of drug-likeness (QED) is 0.627. The standard InChI is InChI=1S/C11H20N2O/c1-8-6-9-11(2,7-12-8)5-4-10(14)13(9)3/h8-9,12H,4-7H2,1-3H3. The fraction of sp³-hybridized carbons (Fsp3) is 0.909. The van der Waals surface area contributed by atoms with Crippen LogP contribution in [0.25, 0.3) is 0 Å². The Hall–Kier alpha value is -0.570. The second-order valence-corrected chi connectivity index (χ2v) is 5.19. The van der Waals surface area contributed by atoms with Crippen molar-refractivity contribution in [3.63, 3.8) is 0 Å². The van der Waals surface area contributed by atoms with Crippen LogP contribution in [0, 0.1) is 5.41 Å². The Morgan fingerprint density at radius 3 is 3.00 bits per heavy atom. The van der Waals surface area contributed by atoms with Crippen LogP contribution in [0.4, 0.5) is 0 Å². The molecule has 2 aliphatic heterocycles. The number of piperidine rings is 2. The molecule has 0 spiro atoms. The number of hydrogen-bond donors (Lipinski definition) is 1. The SMILES string of the molecule is CC1CC2N(C)C(=O)CCC2(C)CN1. The summed E-state index contributed by atoms with van der Waals surface area (Å²) in [7, 11) is 1.96. The number of nitrogens with one attached hydrogen (secondary N) is 1. The van der Waals surface area contributed by atoms with Gasteiger partial charge in [-0.05, 0) is 19.8 Å². The van der Waals surface area contributed by atoms with Crippen molar-refractivity contribution < 1.29 is 4.79 Å². The average Bonchev–Trinajstić information content (AvgIpc) is 2.16. The molecule has 2 heterocycles. The molecule has 0 bridgehead atoms. The van der Waals surface area contributed by atoms with Crippen molar-refractivity contribution in [3.05, 3.63) is 0 Å². The number of carbonyl (C=O) groups is 1. The predicted octanol–water partition coefficient (Wildman–Crippen LogP) is 0.995. The van der Waals surface area contributed by atoms with Crippen LogP contribution >= 0.6 is 0 Å². The summed E-state index contributed by atoms with van der Waals surface area (Å²) in [5, 5.41) is 3.52. The lowest BCUT2D eigenvalue weighted by atomic mass is 9.70. The van der Waals surface area contributed by atoms with Crippen molar-refractivity contribution in [2.75, 3.05) is 13.6 Å². The lowest BCUT2D eigenvalue weighted by Crippen LogP contribution is -2.61. The molecular formula is C11H20N2O. The zero-order chi connectivity index (χ0) is 10.3. The molecule has 2 saturated heterocycles. The molecule has 0 aliphatic carbocycles. The Labute approximate surface area is 85.8 Å². The molecule has 3 unspecified atom stereocenters. The van der Waals surface area contributed by atoms with Gasteiger partial charge in [0, 0.05) is 37.5 Å². The van der Waals surface area contributed by atoms with Crippen LogP contribution in [0.5, 0.6) is 0 Å². The summed E-state index contributed by atoms with van der Waals surface area (Å²) in [6.07, 6.45) is 2.86. The van der Waals surface area contributed by atoms with E-state index in [9.17, 15) is 4.79 Å². The first-order chi connectivity index (χ1) is 6.53. The van der Waals surface area contributed by atoms with Crippen molar-refractivity contribution in [3.8, 4) is 0 Å². The molecule has 0 radical (unpaired) electrons.